The van der Waals surface area contributed by atoms with Gasteiger partial charge in [-0.25, -0.2) is 0 Å². The van der Waals surface area contributed by atoms with Crippen LogP contribution in [-0.4, -0.2) is 31.1 Å². The van der Waals surface area contributed by atoms with Gasteiger partial charge in [-0.05, 0) is 45.0 Å². The van der Waals surface area contributed by atoms with Crippen LogP contribution in [-0.2, 0) is 0 Å². The minimum Gasteiger partial charge on any atom is -0.492 e. The number of ether oxygens (including phenoxy) is 1. The normalized spacial score (nSPS) is 14.5. The molecule has 1 aromatic carbocycles. The van der Waals surface area contributed by atoms with Crippen molar-refractivity contribution in [3.8, 4) is 5.75 Å². The molecule has 0 aliphatic carbocycles. The predicted octanol–water partition coefficient (Wildman–Crippen LogP) is 3.82. The van der Waals surface area contributed by atoms with Crippen LogP contribution in [0, 0.1) is 5.92 Å². The van der Waals surface area contributed by atoms with Gasteiger partial charge in [0.1, 0.15) is 12.4 Å². The highest BCUT2D eigenvalue weighted by atomic mass is 16.5. The molecule has 2 nitrogen and oxygen atoms in total. The summed E-state index contributed by atoms with van der Waals surface area (Å²) in [6, 6.07) is 10.5. The van der Waals surface area contributed by atoms with Crippen LogP contribution >= 0.6 is 0 Å². The molecule has 0 spiro atoms. The maximum Gasteiger partial charge on any atom is 0.119 e. The summed E-state index contributed by atoms with van der Waals surface area (Å²) in [5.74, 6) is 1.77. The molecule has 0 radical (unpaired) electrons. The quantitative estimate of drug-likeness (QED) is 0.694. The van der Waals surface area contributed by atoms with Gasteiger partial charge in [-0.15, -0.1) is 0 Å². The molecular formula is C16H27NO. The molecule has 0 aromatic heterocycles. The van der Waals surface area contributed by atoms with Crippen molar-refractivity contribution in [3.05, 3.63) is 30.3 Å². The number of likely N-dealkylation sites (N-methyl/N-ethyl adjacent to an activating group) is 1. The zero-order chi connectivity index (χ0) is 13.4. The zero-order valence-corrected chi connectivity index (χ0v) is 12.2. The van der Waals surface area contributed by atoms with Gasteiger partial charge in [-0.3, -0.25) is 0 Å². The van der Waals surface area contributed by atoms with E-state index in [1.54, 1.807) is 0 Å². The zero-order valence-electron chi connectivity index (χ0n) is 12.2. The van der Waals surface area contributed by atoms with Crippen molar-refractivity contribution in [1.29, 1.82) is 0 Å². The summed E-state index contributed by atoms with van der Waals surface area (Å²) in [5, 5.41) is 0. The summed E-state index contributed by atoms with van der Waals surface area (Å²) in [5.41, 5.74) is 0. The van der Waals surface area contributed by atoms with Gasteiger partial charge < -0.3 is 9.64 Å². The van der Waals surface area contributed by atoms with E-state index >= 15 is 0 Å². The second kappa shape index (κ2) is 8.15. The van der Waals surface area contributed by atoms with Gasteiger partial charge in [0.05, 0.1) is 0 Å². The molecule has 0 amide bonds. The molecule has 0 N–H and O–H groups in total. The first kappa shape index (κ1) is 15.0. The second-order valence-electron chi connectivity index (χ2n) is 5.26. The minimum absolute atomic E-state index is 0.453. The van der Waals surface area contributed by atoms with E-state index in [-0.39, 0.29) is 0 Å². The summed E-state index contributed by atoms with van der Waals surface area (Å²) < 4.78 is 5.78. The summed E-state index contributed by atoms with van der Waals surface area (Å²) in [6.45, 7) is 8.69. The number of hydrogen-bond donors (Lipinski definition) is 0. The highest BCUT2D eigenvalue weighted by molar-refractivity contribution is 5.20. The minimum atomic E-state index is 0.453. The van der Waals surface area contributed by atoms with Crippen molar-refractivity contribution >= 4 is 0 Å². The molecule has 18 heavy (non-hydrogen) atoms. The van der Waals surface area contributed by atoms with Crippen LogP contribution in [0.3, 0.4) is 0 Å². The Labute approximate surface area is 112 Å². The molecule has 0 fully saturated rings. The molecule has 2 atom stereocenters. The van der Waals surface area contributed by atoms with E-state index in [4.69, 9.17) is 4.74 Å². The van der Waals surface area contributed by atoms with Crippen LogP contribution in [0.15, 0.2) is 30.3 Å². The van der Waals surface area contributed by atoms with E-state index < -0.39 is 0 Å². The topological polar surface area (TPSA) is 12.5 Å². The molecule has 1 aromatic rings. The first-order valence-corrected chi connectivity index (χ1v) is 7.01. The monoisotopic (exact) mass is 249 g/mol. The van der Waals surface area contributed by atoms with Gasteiger partial charge in [0.2, 0.25) is 0 Å². The third-order valence-electron chi connectivity index (χ3n) is 3.66. The Hall–Kier alpha value is -1.02. The van der Waals surface area contributed by atoms with Crippen LogP contribution in [0.5, 0.6) is 5.75 Å². The lowest BCUT2D eigenvalue weighted by Gasteiger charge is -2.25. The smallest absolute Gasteiger partial charge is 0.119 e. The van der Waals surface area contributed by atoms with Crippen molar-refractivity contribution in [1.82, 2.24) is 4.90 Å². The van der Waals surface area contributed by atoms with Crippen molar-refractivity contribution < 1.29 is 4.74 Å². The number of rotatable bonds is 8. The van der Waals surface area contributed by atoms with E-state index in [2.05, 4.69) is 32.7 Å². The Balaban J connectivity index is 2.25. The first-order chi connectivity index (χ1) is 8.63. The molecule has 102 valence electrons. The van der Waals surface area contributed by atoms with Crippen LogP contribution in [0.2, 0.25) is 0 Å². The van der Waals surface area contributed by atoms with Gasteiger partial charge in [0.25, 0.3) is 0 Å². The highest BCUT2D eigenvalue weighted by Crippen LogP contribution is 2.11. The van der Waals surface area contributed by atoms with E-state index in [0.717, 1.165) is 24.8 Å². The van der Waals surface area contributed by atoms with E-state index in [0.29, 0.717) is 6.04 Å². The van der Waals surface area contributed by atoms with Gasteiger partial charge in [-0.1, -0.05) is 38.5 Å². The summed E-state index contributed by atoms with van der Waals surface area (Å²) >= 11 is 0. The van der Waals surface area contributed by atoms with Crippen LogP contribution in [0.4, 0.5) is 0 Å². The summed E-state index contributed by atoms with van der Waals surface area (Å²) in [7, 11) is 2.18. The van der Waals surface area contributed by atoms with E-state index in [1.807, 2.05) is 30.3 Å². The average molecular weight is 249 g/mol. The third kappa shape index (κ3) is 5.54. The standard InChI is InChI=1S/C16H27NO/c1-5-14(2)11-12-17(4)15(3)13-18-16-9-7-6-8-10-16/h6-10,14-15H,5,11-13H2,1-4H3/t14-,15+/m1/s1. The molecule has 0 saturated heterocycles. The summed E-state index contributed by atoms with van der Waals surface area (Å²) in [4.78, 5) is 2.38. The van der Waals surface area contributed by atoms with Crippen LogP contribution < -0.4 is 4.74 Å². The number of hydrogen-bond acceptors (Lipinski definition) is 2. The number of nitrogens with zero attached hydrogens (tertiary/aromatic N) is 1. The lowest BCUT2D eigenvalue weighted by Crippen LogP contribution is -2.35. The fourth-order valence-electron chi connectivity index (χ4n) is 1.71. The van der Waals surface area contributed by atoms with Crippen LogP contribution in [0.25, 0.3) is 0 Å². The van der Waals surface area contributed by atoms with Crippen molar-refractivity contribution in [2.45, 2.75) is 39.7 Å². The molecule has 0 saturated carbocycles. The lowest BCUT2D eigenvalue weighted by atomic mass is 10.0. The molecule has 0 heterocycles. The van der Waals surface area contributed by atoms with Gasteiger partial charge in [-0.2, -0.15) is 0 Å². The summed E-state index contributed by atoms with van der Waals surface area (Å²) in [6.07, 6.45) is 2.53. The van der Waals surface area contributed by atoms with Gasteiger partial charge in [0, 0.05) is 6.04 Å². The molecule has 0 aliphatic rings. The average Bonchev–Trinajstić information content (AvgIpc) is 2.42. The molecule has 2 heteroatoms. The Kier molecular flexibility index (Phi) is 6.81. The SMILES string of the molecule is CC[C@@H](C)CCN(C)[C@@H](C)COc1ccccc1. The molecule has 0 unspecified atom stereocenters. The molecule has 1 rings (SSSR count). The van der Waals surface area contributed by atoms with E-state index in [1.165, 1.54) is 12.8 Å². The largest absolute Gasteiger partial charge is 0.492 e. The molecular weight excluding hydrogens is 222 g/mol. The number of benzene rings is 1. The van der Waals surface area contributed by atoms with Crippen molar-refractivity contribution in [2.24, 2.45) is 5.92 Å². The fourth-order valence-corrected chi connectivity index (χ4v) is 1.71. The van der Waals surface area contributed by atoms with Gasteiger partial charge in [0.15, 0.2) is 0 Å². The second-order valence-corrected chi connectivity index (χ2v) is 5.26. The lowest BCUT2D eigenvalue weighted by molar-refractivity contribution is 0.166. The maximum atomic E-state index is 5.78. The highest BCUT2D eigenvalue weighted by Gasteiger charge is 2.10. The number of para-hydroxylation sites is 1. The van der Waals surface area contributed by atoms with Crippen molar-refractivity contribution in [2.75, 3.05) is 20.2 Å². The van der Waals surface area contributed by atoms with Gasteiger partial charge >= 0.3 is 0 Å². The Morgan fingerprint density at radius 1 is 1.17 bits per heavy atom. The Morgan fingerprint density at radius 2 is 1.83 bits per heavy atom. The third-order valence-corrected chi connectivity index (χ3v) is 3.66. The fraction of sp³-hybridized carbons (Fsp3) is 0.625. The molecule has 0 aliphatic heterocycles. The Morgan fingerprint density at radius 3 is 2.44 bits per heavy atom. The predicted molar refractivity (Wildman–Crippen MR) is 78.1 cm³/mol. The molecule has 0 bridgehead atoms. The maximum absolute atomic E-state index is 5.78. The van der Waals surface area contributed by atoms with E-state index in [9.17, 15) is 0 Å². The first-order valence-electron chi connectivity index (χ1n) is 7.01. The van der Waals surface area contributed by atoms with Crippen molar-refractivity contribution in [3.63, 3.8) is 0 Å². The van der Waals surface area contributed by atoms with Crippen LogP contribution in [0.1, 0.15) is 33.6 Å². The Bertz CT molecular complexity index is 312.